The van der Waals surface area contributed by atoms with E-state index in [-0.39, 0.29) is 0 Å². The van der Waals surface area contributed by atoms with Crippen LogP contribution < -0.4 is 15.4 Å². The molecule has 3 rings (SSSR count). The highest BCUT2D eigenvalue weighted by molar-refractivity contribution is 6.31. The maximum atomic E-state index is 6.13. The van der Waals surface area contributed by atoms with Crippen LogP contribution >= 0.6 is 11.6 Å². The Balaban J connectivity index is 1.75. The quantitative estimate of drug-likeness (QED) is 0.690. The van der Waals surface area contributed by atoms with E-state index in [9.17, 15) is 0 Å². The average Bonchev–Trinajstić information content (AvgIpc) is 2.64. The van der Waals surface area contributed by atoms with E-state index in [4.69, 9.17) is 16.3 Å². The molecular formula is C18H18ClN5O. The van der Waals surface area contributed by atoms with Gasteiger partial charge in [0.2, 0.25) is 5.95 Å². The Morgan fingerprint density at radius 1 is 1.16 bits per heavy atom. The van der Waals surface area contributed by atoms with Gasteiger partial charge in [-0.3, -0.25) is 0 Å². The van der Waals surface area contributed by atoms with E-state index in [0.717, 1.165) is 16.8 Å². The Hall–Kier alpha value is -2.86. The molecule has 1 aromatic heterocycles. The van der Waals surface area contributed by atoms with Crippen LogP contribution in [-0.4, -0.2) is 22.3 Å². The van der Waals surface area contributed by atoms with Crippen LogP contribution in [0.5, 0.6) is 5.75 Å². The Labute approximate surface area is 151 Å². The summed E-state index contributed by atoms with van der Waals surface area (Å²) in [6, 6.07) is 13.7. The maximum Gasteiger partial charge on any atom is 0.249 e. The first kappa shape index (κ1) is 17.0. The number of rotatable bonds is 6. The fraction of sp³-hybridized carbons (Fsp3) is 0.167. The highest BCUT2D eigenvalue weighted by atomic mass is 35.5. The Bertz CT molecular complexity index is 857. The number of benzene rings is 2. The van der Waals surface area contributed by atoms with Crippen LogP contribution in [0.25, 0.3) is 0 Å². The zero-order valence-electron chi connectivity index (χ0n) is 14.0. The van der Waals surface area contributed by atoms with E-state index < -0.39 is 0 Å². The van der Waals surface area contributed by atoms with Gasteiger partial charge in [0, 0.05) is 17.6 Å². The van der Waals surface area contributed by atoms with Crippen molar-refractivity contribution in [3.63, 3.8) is 0 Å². The molecule has 0 amide bonds. The molecule has 0 radical (unpaired) electrons. The van der Waals surface area contributed by atoms with Crippen LogP contribution in [0.3, 0.4) is 0 Å². The summed E-state index contributed by atoms with van der Waals surface area (Å²) in [4.78, 5) is 4.43. The predicted molar refractivity (Wildman–Crippen MR) is 99.6 cm³/mol. The van der Waals surface area contributed by atoms with Gasteiger partial charge >= 0.3 is 0 Å². The molecule has 7 heteroatoms. The SMILES string of the molecule is COc1cc(Cl)c(C)cc1Nc1nncc(NCc2ccccc2)n1. The van der Waals surface area contributed by atoms with Gasteiger partial charge in [0.1, 0.15) is 5.75 Å². The van der Waals surface area contributed by atoms with Crippen LogP contribution in [0.4, 0.5) is 17.5 Å². The van der Waals surface area contributed by atoms with Crippen molar-refractivity contribution in [2.24, 2.45) is 0 Å². The van der Waals surface area contributed by atoms with Crippen LogP contribution in [-0.2, 0) is 6.54 Å². The van der Waals surface area contributed by atoms with E-state index in [1.54, 1.807) is 19.4 Å². The Morgan fingerprint density at radius 2 is 1.96 bits per heavy atom. The van der Waals surface area contributed by atoms with Gasteiger partial charge in [-0.05, 0) is 24.1 Å². The standard InChI is InChI=1S/C18H18ClN5O/c1-12-8-15(16(25-2)9-14(12)19)22-18-23-17(11-21-24-18)20-10-13-6-4-3-5-7-13/h3-9,11H,10H2,1-2H3,(H2,20,22,23,24). The van der Waals surface area contributed by atoms with Gasteiger partial charge in [-0.1, -0.05) is 41.9 Å². The first-order chi connectivity index (χ1) is 12.2. The molecule has 0 saturated heterocycles. The minimum Gasteiger partial charge on any atom is -0.495 e. The monoisotopic (exact) mass is 355 g/mol. The van der Waals surface area contributed by atoms with Gasteiger partial charge in [-0.15, -0.1) is 5.10 Å². The summed E-state index contributed by atoms with van der Waals surface area (Å²) in [6.07, 6.45) is 1.58. The van der Waals surface area contributed by atoms with E-state index in [1.807, 2.05) is 43.3 Å². The van der Waals surface area contributed by atoms with E-state index >= 15 is 0 Å². The molecule has 25 heavy (non-hydrogen) atoms. The number of nitrogens with zero attached hydrogens (tertiary/aromatic N) is 3. The summed E-state index contributed by atoms with van der Waals surface area (Å²) in [6.45, 7) is 2.58. The third kappa shape index (κ3) is 4.36. The third-order valence-corrected chi connectivity index (χ3v) is 4.01. The summed E-state index contributed by atoms with van der Waals surface area (Å²) < 4.78 is 5.35. The van der Waals surface area contributed by atoms with Crippen molar-refractivity contribution in [2.45, 2.75) is 13.5 Å². The van der Waals surface area contributed by atoms with Crippen LogP contribution in [0.15, 0.2) is 48.7 Å². The van der Waals surface area contributed by atoms with Crippen molar-refractivity contribution in [3.8, 4) is 5.75 Å². The second-order valence-corrected chi connectivity index (χ2v) is 5.84. The lowest BCUT2D eigenvalue weighted by Gasteiger charge is -2.12. The first-order valence-corrected chi connectivity index (χ1v) is 8.12. The molecule has 0 atom stereocenters. The molecule has 0 fully saturated rings. The molecule has 0 aliphatic heterocycles. The van der Waals surface area contributed by atoms with Crippen LogP contribution in [0, 0.1) is 6.92 Å². The number of nitrogens with one attached hydrogen (secondary N) is 2. The lowest BCUT2D eigenvalue weighted by molar-refractivity contribution is 0.416. The fourth-order valence-corrected chi connectivity index (χ4v) is 2.43. The maximum absolute atomic E-state index is 6.13. The molecule has 0 unspecified atom stereocenters. The van der Waals surface area contributed by atoms with Crippen LogP contribution in [0.2, 0.25) is 5.02 Å². The summed E-state index contributed by atoms with van der Waals surface area (Å²) in [7, 11) is 1.59. The molecule has 0 spiro atoms. The molecule has 3 aromatic rings. The van der Waals surface area contributed by atoms with Crippen molar-refractivity contribution >= 4 is 29.1 Å². The molecule has 2 N–H and O–H groups in total. The molecular weight excluding hydrogens is 338 g/mol. The second kappa shape index (κ2) is 7.81. The summed E-state index contributed by atoms with van der Waals surface area (Å²) in [5.74, 6) is 1.62. The topological polar surface area (TPSA) is 72.0 Å². The number of anilines is 3. The van der Waals surface area contributed by atoms with Crippen molar-refractivity contribution in [2.75, 3.05) is 17.7 Å². The molecule has 0 aliphatic carbocycles. The molecule has 128 valence electrons. The minimum absolute atomic E-state index is 0.373. The zero-order valence-corrected chi connectivity index (χ0v) is 14.7. The number of hydrogen-bond acceptors (Lipinski definition) is 6. The van der Waals surface area contributed by atoms with Gasteiger partial charge in [0.15, 0.2) is 5.82 Å². The lowest BCUT2D eigenvalue weighted by Crippen LogP contribution is -2.06. The van der Waals surface area contributed by atoms with Gasteiger partial charge in [-0.25, -0.2) is 0 Å². The molecule has 0 saturated carbocycles. The number of aromatic nitrogens is 3. The summed E-state index contributed by atoms with van der Waals surface area (Å²) in [5.41, 5.74) is 2.81. The average molecular weight is 356 g/mol. The normalized spacial score (nSPS) is 10.4. The van der Waals surface area contributed by atoms with Crippen LogP contribution in [0.1, 0.15) is 11.1 Å². The second-order valence-electron chi connectivity index (χ2n) is 5.43. The largest absolute Gasteiger partial charge is 0.495 e. The molecule has 6 nitrogen and oxygen atoms in total. The molecule has 0 bridgehead atoms. The molecule has 2 aromatic carbocycles. The highest BCUT2D eigenvalue weighted by Gasteiger charge is 2.09. The highest BCUT2D eigenvalue weighted by Crippen LogP contribution is 2.32. The predicted octanol–water partition coefficient (Wildman–Crippen LogP) is 4.20. The van der Waals surface area contributed by atoms with Gasteiger partial charge in [0.05, 0.1) is 19.0 Å². The van der Waals surface area contributed by atoms with Gasteiger partial charge in [0.25, 0.3) is 0 Å². The first-order valence-electron chi connectivity index (χ1n) is 7.74. The molecule has 0 aliphatic rings. The van der Waals surface area contributed by atoms with E-state index in [1.165, 1.54) is 0 Å². The smallest absolute Gasteiger partial charge is 0.249 e. The molecule has 1 heterocycles. The summed E-state index contributed by atoms with van der Waals surface area (Å²) >= 11 is 6.13. The van der Waals surface area contributed by atoms with Crippen molar-refractivity contribution in [3.05, 3.63) is 64.8 Å². The lowest BCUT2D eigenvalue weighted by atomic mass is 10.2. The van der Waals surface area contributed by atoms with E-state index in [2.05, 4.69) is 25.8 Å². The number of halogens is 1. The van der Waals surface area contributed by atoms with E-state index in [0.29, 0.717) is 29.1 Å². The number of hydrogen-bond donors (Lipinski definition) is 2. The summed E-state index contributed by atoms with van der Waals surface area (Å²) in [5, 5.41) is 15.0. The number of aryl methyl sites for hydroxylation is 1. The number of methoxy groups -OCH3 is 1. The number of ether oxygens (including phenoxy) is 1. The van der Waals surface area contributed by atoms with Crippen molar-refractivity contribution in [1.82, 2.24) is 15.2 Å². The third-order valence-electron chi connectivity index (χ3n) is 3.60. The van der Waals surface area contributed by atoms with Gasteiger partial charge < -0.3 is 15.4 Å². The Morgan fingerprint density at radius 3 is 2.72 bits per heavy atom. The fourth-order valence-electron chi connectivity index (χ4n) is 2.28. The Kier molecular flexibility index (Phi) is 5.30. The van der Waals surface area contributed by atoms with Crippen molar-refractivity contribution < 1.29 is 4.74 Å². The van der Waals surface area contributed by atoms with Crippen molar-refractivity contribution in [1.29, 1.82) is 0 Å². The zero-order chi connectivity index (χ0) is 17.6. The van der Waals surface area contributed by atoms with Gasteiger partial charge in [-0.2, -0.15) is 10.1 Å². The minimum atomic E-state index is 0.373.